The van der Waals surface area contributed by atoms with Crippen LogP contribution in [0, 0.1) is 5.92 Å². The molecule has 1 aromatic carbocycles. The molecule has 0 fully saturated rings. The van der Waals surface area contributed by atoms with Gasteiger partial charge < -0.3 is 9.90 Å². The van der Waals surface area contributed by atoms with Crippen molar-refractivity contribution in [2.75, 3.05) is 0 Å². The van der Waals surface area contributed by atoms with Crippen molar-refractivity contribution in [3.8, 4) is 5.75 Å². The Morgan fingerprint density at radius 3 is 2.47 bits per heavy atom. The van der Waals surface area contributed by atoms with Crippen LogP contribution in [0.1, 0.15) is 50.7 Å². The van der Waals surface area contributed by atoms with Gasteiger partial charge in [0, 0.05) is 10.9 Å². The molecular formula is C16H25BrO2. The van der Waals surface area contributed by atoms with Gasteiger partial charge in [-0.2, -0.15) is 0 Å². The molecule has 0 aliphatic carbocycles. The summed E-state index contributed by atoms with van der Waals surface area (Å²) in [7, 11) is 0. The van der Waals surface area contributed by atoms with Crippen molar-refractivity contribution in [2.45, 2.75) is 51.3 Å². The minimum atomic E-state index is 0.394. The van der Waals surface area contributed by atoms with Gasteiger partial charge in [-0.05, 0) is 30.4 Å². The molecule has 2 nitrogen and oxygen atoms in total. The number of aryl methyl sites for hydroxylation is 1. The van der Waals surface area contributed by atoms with E-state index in [0.717, 1.165) is 23.2 Å². The number of unbranched alkanes of at least 4 members (excludes halogenated alkanes) is 2. The summed E-state index contributed by atoms with van der Waals surface area (Å²) in [5, 5.41) is 10.3. The zero-order valence-corrected chi connectivity index (χ0v) is 13.6. The summed E-state index contributed by atoms with van der Waals surface area (Å²) < 4.78 is 0. The standard InChI is InChI=1S/C15H23BrO.CH2O/c1-12(2)6-4-3-5-7-13-8-9-15(17)14(10-13)11-16;1-2/h8-10,12,17H,3-7,11H2,1-2H3;1H2. The smallest absolute Gasteiger partial charge is 0.119 e. The van der Waals surface area contributed by atoms with E-state index in [1.807, 2.05) is 12.9 Å². The van der Waals surface area contributed by atoms with Gasteiger partial charge in [0.05, 0.1) is 0 Å². The molecule has 1 N–H and O–H groups in total. The first kappa shape index (κ1) is 18.2. The lowest BCUT2D eigenvalue weighted by Gasteiger charge is -2.06. The molecule has 0 heterocycles. The maximum Gasteiger partial charge on any atom is 0.119 e. The number of phenols is 1. The highest BCUT2D eigenvalue weighted by Crippen LogP contribution is 2.22. The Labute approximate surface area is 125 Å². The Morgan fingerprint density at radius 2 is 1.89 bits per heavy atom. The molecule has 3 heteroatoms. The second kappa shape index (κ2) is 11.0. The van der Waals surface area contributed by atoms with Crippen molar-refractivity contribution in [1.82, 2.24) is 0 Å². The number of hydrogen-bond acceptors (Lipinski definition) is 2. The molecule has 0 unspecified atom stereocenters. The van der Waals surface area contributed by atoms with Gasteiger partial charge in [-0.1, -0.05) is 61.2 Å². The molecule has 1 aromatic rings. The lowest BCUT2D eigenvalue weighted by Crippen LogP contribution is -1.91. The first-order valence-electron chi connectivity index (χ1n) is 6.79. The van der Waals surface area contributed by atoms with E-state index in [-0.39, 0.29) is 0 Å². The van der Waals surface area contributed by atoms with E-state index in [2.05, 4.69) is 35.8 Å². The van der Waals surface area contributed by atoms with Gasteiger partial charge in [0.2, 0.25) is 0 Å². The SMILES string of the molecule is C=O.CC(C)CCCCCc1ccc(O)c(CBr)c1. The van der Waals surface area contributed by atoms with Crippen LogP contribution in [-0.2, 0) is 16.5 Å². The number of carbonyl (C=O) groups excluding carboxylic acids is 1. The minimum Gasteiger partial charge on any atom is -0.508 e. The predicted molar refractivity (Wildman–Crippen MR) is 84.9 cm³/mol. The highest BCUT2D eigenvalue weighted by atomic mass is 79.9. The molecule has 0 saturated heterocycles. The number of aromatic hydroxyl groups is 1. The first-order valence-corrected chi connectivity index (χ1v) is 7.91. The quantitative estimate of drug-likeness (QED) is 0.573. The molecule has 0 bridgehead atoms. The number of rotatable bonds is 7. The average Bonchev–Trinajstić information content (AvgIpc) is 2.42. The van der Waals surface area contributed by atoms with E-state index < -0.39 is 0 Å². The number of benzene rings is 1. The molecule has 0 amide bonds. The number of alkyl halides is 1. The largest absolute Gasteiger partial charge is 0.508 e. The van der Waals surface area contributed by atoms with Gasteiger partial charge in [-0.3, -0.25) is 0 Å². The van der Waals surface area contributed by atoms with Crippen molar-refractivity contribution in [1.29, 1.82) is 0 Å². The molecular weight excluding hydrogens is 304 g/mol. The van der Waals surface area contributed by atoms with Crippen molar-refractivity contribution >= 4 is 22.7 Å². The Morgan fingerprint density at radius 1 is 1.21 bits per heavy atom. The lowest BCUT2D eigenvalue weighted by molar-refractivity contribution is -0.0979. The van der Waals surface area contributed by atoms with Crippen LogP contribution in [0.4, 0.5) is 0 Å². The second-order valence-electron chi connectivity index (χ2n) is 5.09. The average molecular weight is 329 g/mol. The third-order valence-corrected chi connectivity index (χ3v) is 3.64. The molecule has 0 spiro atoms. The van der Waals surface area contributed by atoms with Crippen LogP contribution in [0.3, 0.4) is 0 Å². The van der Waals surface area contributed by atoms with Crippen LogP contribution >= 0.6 is 15.9 Å². The van der Waals surface area contributed by atoms with Gasteiger partial charge in [0.15, 0.2) is 0 Å². The molecule has 1 rings (SSSR count). The zero-order valence-electron chi connectivity index (χ0n) is 12.0. The molecule has 0 radical (unpaired) electrons. The van der Waals surface area contributed by atoms with Crippen LogP contribution in [0.5, 0.6) is 5.75 Å². The fraction of sp³-hybridized carbons (Fsp3) is 0.562. The maximum absolute atomic E-state index is 9.58. The Hall–Kier alpha value is -0.830. The number of phenolic OH excluding ortho intramolecular Hbond substituents is 1. The van der Waals surface area contributed by atoms with Crippen molar-refractivity contribution in [3.05, 3.63) is 29.3 Å². The van der Waals surface area contributed by atoms with E-state index in [0.29, 0.717) is 5.75 Å². The fourth-order valence-corrected chi connectivity index (χ4v) is 2.41. The van der Waals surface area contributed by atoms with Gasteiger partial charge in [-0.25, -0.2) is 0 Å². The summed E-state index contributed by atoms with van der Waals surface area (Å²) >= 11 is 3.39. The first-order chi connectivity index (χ1) is 9.13. The third-order valence-electron chi connectivity index (χ3n) is 3.03. The van der Waals surface area contributed by atoms with E-state index >= 15 is 0 Å². The summed E-state index contributed by atoms with van der Waals surface area (Å²) in [6.45, 7) is 6.56. The van der Waals surface area contributed by atoms with Gasteiger partial charge in [0.1, 0.15) is 12.5 Å². The Bertz CT molecular complexity index is 351. The third kappa shape index (κ3) is 8.04. The zero-order chi connectivity index (χ0) is 14.7. The van der Waals surface area contributed by atoms with E-state index in [1.54, 1.807) is 6.07 Å². The molecule has 0 aromatic heterocycles. The highest BCUT2D eigenvalue weighted by molar-refractivity contribution is 9.08. The molecule has 0 aliphatic rings. The van der Waals surface area contributed by atoms with Crippen LogP contribution < -0.4 is 0 Å². The van der Waals surface area contributed by atoms with E-state index in [9.17, 15) is 5.11 Å². The van der Waals surface area contributed by atoms with Crippen LogP contribution in [0.15, 0.2) is 18.2 Å². The summed E-state index contributed by atoms with van der Waals surface area (Å²) in [5.41, 5.74) is 2.33. The molecule has 0 aliphatic heterocycles. The molecule has 108 valence electrons. The predicted octanol–water partition coefficient (Wildman–Crippen LogP) is 4.86. The Balaban J connectivity index is 0.00000154. The molecule has 0 atom stereocenters. The lowest BCUT2D eigenvalue weighted by atomic mass is 10.0. The molecule has 0 saturated carbocycles. The van der Waals surface area contributed by atoms with Crippen molar-refractivity contribution in [3.63, 3.8) is 0 Å². The summed E-state index contributed by atoms with van der Waals surface area (Å²) in [6.07, 6.45) is 6.35. The monoisotopic (exact) mass is 328 g/mol. The second-order valence-corrected chi connectivity index (χ2v) is 5.65. The number of carbonyl (C=O) groups is 1. The van der Waals surface area contributed by atoms with Crippen LogP contribution in [0.25, 0.3) is 0 Å². The summed E-state index contributed by atoms with van der Waals surface area (Å²) in [5.74, 6) is 1.22. The normalized spacial score (nSPS) is 10.1. The van der Waals surface area contributed by atoms with Crippen molar-refractivity contribution in [2.24, 2.45) is 5.92 Å². The van der Waals surface area contributed by atoms with Gasteiger partial charge in [-0.15, -0.1) is 0 Å². The molecule has 19 heavy (non-hydrogen) atoms. The fourth-order valence-electron chi connectivity index (χ4n) is 1.96. The number of halogens is 1. The topological polar surface area (TPSA) is 37.3 Å². The highest BCUT2D eigenvalue weighted by Gasteiger charge is 2.01. The summed E-state index contributed by atoms with van der Waals surface area (Å²) in [6, 6.07) is 5.94. The summed E-state index contributed by atoms with van der Waals surface area (Å²) in [4.78, 5) is 8.00. The van der Waals surface area contributed by atoms with Gasteiger partial charge in [0.25, 0.3) is 0 Å². The van der Waals surface area contributed by atoms with Crippen LogP contribution in [0.2, 0.25) is 0 Å². The maximum atomic E-state index is 9.58. The van der Waals surface area contributed by atoms with Crippen LogP contribution in [-0.4, -0.2) is 11.9 Å². The Kier molecular flexibility index (Phi) is 10.6. The van der Waals surface area contributed by atoms with Crippen molar-refractivity contribution < 1.29 is 9.90 Å². The van der Waals surface area contributed by atoms with E-state index in [1.165, 1.54) is 31.2 Å². The minimum absolute atomic E-state index is 0.394. The van der Waals surface area contributed by atoms with E-state index in [4.69, 9.17) is 4.79 Å². The number of hydrogen-bond donors (Lipinski definition) is 1. The van der Waals surface area contributed by atoms with Gasteiger partial charge >= 0.3 is 0 Å².